The summed E-state index contributed by atoms with van der Waals surface area (Å²) in [6.45, 7) is 1.78. The molecule has 0 saturated carbocycles. The third-order valence-electron chi connectivity index (χ3n) is 2.38. The van der Waals surface area contributed by atoms with E-state index in [9.17, 15) is 4.79 Å². The van der Waals surface area contributed by atoms with Crippen molar-refractivity contribution in [2.45, 2.75) is 19.4 Å². The van der Waals surface area contributed by atoms with Crippen LogP contribution in [0.2, 0.25) is 0 Å². The van der Waals surface area contributed by atoms with Crippen molar-refractivity contribution in [1.82, 2.24) is 4.98 Å². The molecule has 0 amide bonds. The van der Waals surface area contributed by atoms with Crippen LogP contribution in [0.4, 0.5) is 5.82 Å². The number of nitriles is 1. The number of anilines is 1. The van der Waals surface area contributed by atoms with Crippen LogP contribution >= 0.6 is 0 Å². The minimum absolute atomic E-state index is 0.379. The lowest BCUT2D eigenvalue weighted by molar-refractivity contribution is -0.138. The number of nitrogens with zero attached hydrogens (tertiary/aromatic N) is 3. The lowest BCUT2D eigenvalue weighted by Crippen LogP contribution is -2.38. The minimum Gasteiger partial charge on any atom is -0.480 e. The second-order valence-corrected chi connectivity index (χ2v) is 3.36. The number of carboxylic acid groups (broad SMARTS) is 1. The number of likely N-dealkylation sites (N-methyl/N-ethyl adjacent to an activating group) is 1. The number of aromatic nitrogens is 1. The zero-order valence-corrected chi connectivity index (χ0v) is 9.21. The number of carbonyl (C=O) groups is 1. The van der Waals surface area contributed by atoms with Crippen LogP contribution < -0.4 is 4.90 Å². The smallest absolute Gasteiger partial charge is 0.326 e. The van der Waals surface area contributed by atoms with Crippen LogP contribution in [0.15, 0.2) is 18.3 Å². The molecule has 0 aliphatic carbocycles. The second kappa shape index (κ2) is 5.12. The Hall–Kier alpha value is -2.09. The van der Waals surface area contributed by atoms with Gasteiger partial charge in [-0.1, -0.05) is 6.92 Å². The van der Waals surface area contributed by atoms with Gasteiger partial charge in [0.15, 0.2) is 0 Å². The van der Waals surface area contributed by atoms with Crippen LogP contribution in [0.5, 0.6) is 0 Å². The van der Waals surface area contributed by atoms with E-state index in [1.54, 1.807) is 32.3 Å². The summed E-state index contributed by atoms with van der Waals surface area (Å²) in [7, 11) is 1.63. The van der Waals surface area contributed by atoms with E-state index in [-0.39, 0.29) is 0 Å². The molecular formula is C11H13N3O2. The van der Waals surface area contributed by atoms with Crippen LogP contribution in [-0.2, 0) is 4.79 Å². The van der Waals surface area contributed by atoms with E-state index in [4.69, 9.17) is 10.4 Å². The fourth-order valence-electron chi connectivity index (χ4n) is 1.53. The summed E-state index contributed by atoms with van der Waals surface area (Å²) in [5.74, 6) is -0.515. The summed E-state index contributed by atoms with van der Waals surface area (Å²) in [4.78, 5) is 16.5. The molecule has 16 heavy (non-hydrogen) atoms. The number of pyridine rings is 1. The van der Waals surface area contributed by atoms with E-state index < -0.39 is 12.0 Å². The Morgan fingerprint density at radius 1 is 1.75 bits per heavy atom. The Labute approximate surface area is 93.9 Å². The van der Waals surface area contributed by atoms with Gasteiger partial charge in [-0.2, -0.15) is 5.26 Å². The van der Waals surface area contributed by atoms with Crippen LogP contribution in [0, 0.1) is 11.3 Å². The highest BCUT2D eigenvalue weighted by atomic mass is 16.4. The van der Waals surface area contributed by atoms with Gasteiger partial charge >= 0.3 is 5.97 Å². The van der Waals surface area contributed by atoms with Crippen LogP contribution in [-0.4, -0.2) is 29.1 Å². The molecule has 5 heteroatoms. The van der Waals surface area contributed by atoms with Gasteiger partial charge in [-0.3, -0.25) is 0 Å². The van der Waals surface area contributed by atoms with Crippen molar-refractivity contribution in [2.75, 3.05) is 11.9 Å². The van der Waals surface area contributed by atoms with Crippen molar-refractivity contribution in [3.63, 3.8) is 0 Å². The molecule has 0 aliphatic rings. The Kier molecular flexibility index (Phi) is 3.84. The first kappa shape index (κ1) is 12.0. The van der Waals surface area contributed by atoms with E-state index in [2.05, 4.69) is 4.98 Å². The molecule has 1 heterocycles. The van der Waals surface area contributed by atoms with E-state index in [1.165, 1.54) is 4.90 Å². The van der Waals surface area contributed by atoms with Gasteiger partial charge in [0.1, 0.15) is 17.9 Å². The minimum atomic E-state index is -0.917. The highest BCUT2D eigenvalue weighted by Gasteiger charge is 2.23. The van der Waals surface area contributed by atoms with Crippen LogP contribution in [0.1, 0.15) is 18.9 Å². The van der Waals surface area contributed by atoms with Crippen molar-refractivity contribution in [2.24, 2.45) is 0 Å². The van der Waals surface area contributed by atoms with Crippen LogP contribution in [0.25, 0.3) is 0 Å². The van der Waals surface area contributed by atoms with Gasteiger partial charge in [-0.25, -0.2) is 9.78 Å². The average molecular weight is 219 g/mol. The second-order valence-electron chi connectivity index (χ2n) is 3.36. The molecule has 0 spiro atoms. The molecule has 5 nitrogen and oxygen atoms in total. The van der Waals surface area contributed by atoms with Gasteiger partial charge in [-0.05, 0) is 18.6 Å². The first-order valence-electron chi connectivity index (χ1n) is 4.92. The zero-order chi connectivity index (χ0) is 12.1. The standard InChI is InChI=1S/C11H13N3O2/c1-3-9(11(15)16)14(2)10-8(7-12)5-4-6-13-10/h4-6,9H,3H2,1-2H3,(H,15,16). The summed E-state index contributed by atoms with van der Waals surface area (Å²) < 4.78 is 0. The Morgan fingerprint density at radius 3 is 2.94 bits per heavy atom. The van der Waals surface area contributed by atoms with Crippen molar-refractivity contribution < 1.29 is 9.90 Å². The highest BCUT2D eigenvalue weighted by Crippen LogP contribution is 2.18. The molecule has 1 aromatic heterocycles. The fourth-order valence-corrected chi connectivity index (χ4v) is 1.53. The van der Waals surface area contributed by atoms with Gasteiger partial charge in [0, 0.05) is 13.2 Å². The molecule has 0 saturated heterocycles. The molecule has 0 bridgehead atoms. The lowest BCUT2D eigenvalue weighted by atomic mass is 10.2. The van der Waals surface area contributed by atoms with Gasteiger partial charge in [0.2, 0.25) is 0 Å². The van der Waals surface area contributed by atoms with E-state index in [1.807, 2.05) is 6.07 Å². The summed E-state index contributed by atoms with van der Waals surface area (Å²) >= 11 is 0. The normalized spacial score (nSPS) is 11.6. The molecule has 1 atom stereocenters. The molecule has 1 rings (SSSR count). The van der Waals surface area contributed by atoms with E-state index >= 15 is 0 Å². The predicted molar refractivity (Wildman–Crippen MR) is 59.1 cm³/mol. The molecular weight excluding hydrogens is 206 g/mol. The van der Waals surface area contributed by atoms with E-state index in [0.717, 1.165) is 0 Å². The maximum absolute atomic E-state index is 11.0. The number of aliphatic carboxylic acids is 1. The number of hydrogen-bond acceptors (Lipinski definition) is 4. The number of hydrogen-bond donors (Lipinski definition) is 1. The third-order valence-corrected chi connectivity index (χ3v) is 2.38. The summed E-state index contributed by atoms with van der Waals surface area (Å²) in [6.07, 6.45) is 1.99. The zero-order valence-electron chi connectivity index (χ0n) is 9.21. The summed E-state index contributed by atoms with van der Waals surface area (Å²) in [6, 6.07) is 4.60. The van der Waals surface area contributed by atoms with Crippen molar-refractivity contribution in [1.29, 1.82) is 5.26 Å². The molecule has 1 aromatic rings. The largest absolute Gasteiger partial charge is 0.480 e. The monoisotopic (exact) mass is 219 g/mol. The first-order chi connectivity index (χ1) is 7.61. The van der Waals surface area contributed by atoms with Crippen molar-refractivity contribution in [3.05, 3.63) is 23.9 Å². The van der Waals surface area contributed by atoms with Gasteiger partial charge < -0.3 is 10.0 Å². The summed E-state index contributed by atoms with van der Waals surface area (Å²) in [5, 5.41) is 17.9. The predicted octanol–water partition coefficient (Wildman–Crippen LogP) is 1.25. The number of carboxylic acids is 1. The molecule has 0 aromatic carbocycles. The molecule has 0 aliphatic heterocycles. The topological polar surface area (TPSA) is 77.2 Å². The molecule has 0 radical (unpaired) electrons. The highest BCUT2D eigenvalue weighted by molar-refractivity contribution is 5.78. The molecule has 84 valence electrons. The average Bonchev–Trinajstić information content (AvgIpc) is 2.29. The van der Waals surface area contributed by atoms with Crippen LogP contribution in [0.3, 0.4) is 0 Å². The Bertz CT molecular complexity index is 425. The lowest BCUT2D eigenvalue weighted by Gasteiger charge is -2.25. The molecule has 1 unspecified atom stereocenters. The molecule has 1 N–H and O–H groups in total. The fraction of sp³-hybridized carbons (Fsp3) is 0.364. The van der Waals surface area contributed by atoms with Gasteiger partial charge in [0.25, 0.3) is 0 Å². The van der Waals surface area contributed by atoms with Gasteiger partial charge in [0.05, 0.1) is 5.56 Å². The quantitative estimate of drug-likeness (QED) is 0.824. The van der Waals surface area contributed by atoms with Gasteiger partial charge in [-0.15, -0.1) is 0 Å². The van der Waals surface area contributed by atoms with E-state index in [0.29, 0.717) is 17.8 Å². The molecule has 0 fully saturated rings. The van der Waals surface area contributed by atoms with Crippen molar-refractivity contribution >= 4 is 11.8 Å². The Balaban J connectivity index is 3.08. The third kappa shape index (κ3) is 2.28. The SMILES string of the molecule is CCC(C(=O)O)N(C)c1ncccc1C#N. The van der Waals surface area contributed by atoms with Crippen molar-refractivity contribution in [3.8, 4) is 6.07 Å². The maximum Gasteiger partial charge on any atom is 0.326 e. The number of rotatable bonds is 4. The maximum atomic E-state index is 11.0. The first-order valence-corrected chi connectivity index (χ1v) is 4.92. The Morgan fingerprint density at radius 2 is 2.44 bits per heavy atom. The summed E-state index contributed by atoms with van der Waals surface area (Å²) in [5.41, 5.74) is 0.379.